The van der Waals surface area contributed by atoms with E-state index in [0.717, 1.165) is 11.3 Å². The number of carboxylic acid groups (broad SMARTS) is 1. The van der Waals surface area contributed by atoms with E-state index in [1.54, 1.807) is 24.3 Å². The molecule has 2 rings (SSSR count). The zero-order valence-electron chi connectivity index (χ0n) is 10.4. The summed E-state index contributed by atoms with van der Waals surface area (Å²) in [7, 11) is 0. The summed E-state index contributed by atoms with van der Waals surface area (Å²) in [5, 5.41) is 12.9. The van der Waals surface area contributed by atoms with Gasteiger partial charge in [0.05, 0.1) is 0 Å². The van der Waals surface area contributed by atoms with Gasteiger partial charge in [0.25, 0.3) is 0 Å². The highest BCUT2D eigenvalue weighted by Crippen LogP contribution is 2.22. The highest BCUT2D eigenvalue weighted by atomic mass is 35.5. The van der Waals surface area contributed by atoms with E-state index >= 15 is 0 Å². The van der Waals surface area contributed by atoms with Crippen molar-refractivity contribution >= 4 is 23.3 Å². The van der Waals surface area contributed by atoms with Crippen LogP contribution in [0.5, 0.6) is 0 Å². The predicted molar refractivity (Wildman–Crippen MR) is 76.6 cm³/mol. The molecular weight excluding hydrogens is 262 g/mol. The summed E-state index contributed by atoms with van der Waals surface area (Å²) in [5.41, 5.74) is 2.56. The number of hydrogen-bond acceptors (Lipinski definition) is 2. The molecule has 2 aromatic rings. The van der Waals surface area contributed by atoms with Crippen molar-refractivity contribution in [3.63, 3.8) is 0 Å². The standard InChI is InChI=1S/C15H14ClNO2/c1-10-2-8-13(9-3-10)17-14(15(18)19)11-4-6-12(16)7-5-11/h2-9,14,17H,1H3,(H,18,19)/t14-/m0/s1. The van der Waals surface area contributed by atoms with E-state index in [1.807, 2.05) is 31.2 Å². The molecule has 2 aromatic carbocycles. The van der Waals surface area contributed by atoms with E-state index in [2.05, 4.69) is 5.32 Å². The molecule has 2 N–H and O–H groups in total. The molecule has 0 bridgehead atoms. The van der Waals surface area contributed by atoms with E-state index in [4.69, 9.17) is 11.6 Å². The van der Waals surface area contributed by atoms with Crippen molar-refractivity contribution in [1.82, 2.24) is 0 Å². The van der Waals surface area contributed by atoms with Crippen LogP contribution < -0.4 is 5.32 Å². The van der Waals surface area contributed by atoms with E-state index in [-0.39, 0.29) is 0 Å². The van der Waals surface area contributed by atoms with Crippen LogP contribution in [0.3, 0.4) is 0 Å². The number of hydrogen-bond donors (Lipinski definition) is 2. The Labute approximate surface area is 116 Å². The molecule has 0 heterocycles. The monoisotopic (exact) mass is 275 g/mol. The number of halogens is 1. The average molecular weight is 276 g/mol. The Morgan fingerprint density at radius 1 is 1.11 bits per heavy atom. The molecule has 0 saturated carbocycles. The van der Waals surface area contributed by atoms with Gasteiger partial charge >= 0.3 is 5.97 Å². The second-order valence-electron chi connectivity index (χ2n) is 4.33. The zero-order chi connectivity index (χ0) is 13.8. The second-order valence-corrected chi connectivity index (χ2v) is 4.77. The van der Waals surface area contributed by atoms with Crippen molar-refractivity contribution < 1.29 is 9.90 Å². The number of aliphatic carboxylic acids is 1. The minimum absolute atomic E-state index is 0.586. The summed E-state index contributed by atoms with van der Waals surface area (Å²) in [6.07, 6.45) is 0. The van der Waals surface area contributed by atoms with Gasteiger partial charge in [-0.25, -0.2) is 4.79 Å². The van der Waals surface area contributed by atoms with Crippen LogP contribution in [0, 0.1) is 6.92 Å². The number of carbonyl (C=O) groups is 1. The first kappa shape index (κ1) is 13.4. The van der Waals surface area contributed by atoms with Gasteiger partial charge in [-0.2, -0.15) is 0 Å². The molecule has 0 spiro atoms. The fourth-order valence-corrected chi connectivity index (χ4v) is 1.89. The largest absolute Gasteiger partial charge is 0.479 e. The lowest BCUT2D eigenvalue weighted by Crippen LogP contribution is -2.20. The van der Waals surface area contributed by atoms with Crippen LogP contribution in [0.25, 0.3) is 0 Å². The lowest BCUT2D eigenvalue weighted by Gasteiger charge is -2.16. The highest BCUT2D eigenvalue weighted by molar-refractivity contribution is 6.30. The van der Waals surface area contributed by atoms with Crippen molar-refractivity contribution in [3.05, 3.63) is 64.7 Å². The van der Waals surface area contributed by atoms with Crippen molar-refractivity contribution in [2.24, 2.45) is 0 Å². The molecule has 0 saturated heterocycles. The molecular formula is C15H14ClNO2. The Morgan fingerprint density at radius 2 is 1.68 bits per heavy atom. The van der Waals surface area contributed by atoms with Crippen molar-refractivity contribution in [2.75, 3.05) is 5.32 Å². The Morgan fingerprint density at radius 3 is 2.21 bits per heavy atom. The number of carboxylic acids is 1. The summed E-state index contributed by atoms with van der Waals surface area (Å²) in [6, 6.07) is 13.6. The average Bonchev–Trinajstić information content (AvgIpc) is 2.39. The van der Waals surface area contributed by atoms with E-state index in [0.29, 0.717) is 10.6 Å². The van der Waals surface area contributed by atoms with Gasteiger partial charge in [0.1, 0.15) is 0 Å². The number of rotatable bonds is 4. The second kappa shape index (κ2) is 5.76. The van der Waals surface area contributed by atoms with E-state index < -0.39 is 12.0 Å². The van der Waals surface area contributed by atoms with Gasteiger partial charge in [0.15, 0.2) is 6.04 Å². The Bertz CT molecular complexity index is 564. The maximum absolute atomic E-state index is 11.4. The van der Waals surface area contributed by atoms with Gasteiger partial charge in [-0.1, -0.05) is 41.4 Å². The van der Waals surface area contributed by atoms with Gasteiger partial charge in [0.2, 0.25) is 0 Å². The summed E-state index contributed by atoms with van der Waals surface area (Å²) in [6.45, 7) is 1.98. The van der Waals surface area contributed by atoms with E-state index in [9.17, 15) is 9.90 Å². The fourth-order valence-electron chi connectivity index (χ4n) is 1.76. The maximum Gasteiger partial charge on any atom is 0.330 e. The number of nitrogens with one attached hydrogen (secondary N) is 1. The van der Waals surface area contributed by atoms with E-state index in [1.165, 1.54) is 0 Å². The highest BCUT2D eigenvalue weighted by Gasteiger charge is 2.19. The molecule has 0 aromatic heterocycles. The molecule has 0 aliphatic rings. The number of anilines is 1. The fraction of sp³-hybridized carbons (Fsp3) is 0.133. The molecule has 4 heteroatoms. The molecule has 0 unspecified atom stereocenters. The quantitative estimate of drug-likeness (QED) is 0.890. The summed E-state index contributed by atoms with van der Waals surface area (Å²) < 4.78 is 0. The molecule has 3 nitrogen and oxygen atoms in total. The first-order chi connectivity index (χ1) is 9.06. The molecule has 0 radical (unpaired) electrons. The minimum Gasteiger partial charge on any atom is -0.479 e. The van der Waals surface area contributed by atoms with Crippen LogP contribution in [0.15, 0.2) is 48.5 Å². The van der Waals surface area contributed by atoms with Gasteiger partial charge in [0, 0.05) is 10.7 Å². The third-order valence-corrected chi connectivity index (χ3v) is 3.06. The van der Waals surface area contributed by atoms with Crippen molar-refractivity contribution in [1.29, 1.82) is 0 Å². The maximum atomic E-state index is 11.4. The van der Waals surface area contributed by atoms with Crippen LogP contribution in [0.1, 0.15) is 17.2 Å². The topological polar surface area (TPSA) is 49.3 Å². The molecule has 0 aliphatic carbocycles. The van der Waals surface area contributed by atoms with Crippen LogP contribution in [-0.2, 0) is 4.79 Å². The zero-order valence-corrected chi connectivity index (χ0v) is 11.2. The molecule has 98 valence electrons. The van der Waals surface area contributed by atoms with Gasteiger partial charge in [-0.15, -0.1) is 0 Å². The molecule has 0 amide bonds. The first-order valence-electron chi connectivity index (χ1n) is 5.88. The van der Waals surface area contributed by atoms with Gasteiger partial charge in [-0.3, -0.25) is 0 Å². The van der Waals surface area contributed by atoms with Crippen molar-refractivity contribution in [2.45, 2.75) is 13.0 Å². The van der Waals surface area contributed by atoms with Crippen LogP contribution in [-0.4, -0.2) is 11.1 Å². The summed E-state index contributed by atoms with van der Waals surface area (Å²) in [5.74, 6) is -0.928. The lowest BCUT2D eigenvalue weighted by molar-refractivity contribution is -0.138. The van der Waals surface area contributed by atoms with Gasteiger partial charge in [-0.05, 0) is 36.8 Å². The third kappa shape index (κ3) is 3.48. The van der Waals surface area contributed by atoms with Crippen molar-refractivity contribution in [3.8, 4) is 0 Å². The normalized spacial score (nSPS) is 11.9. The molecule has 19 heavy (non-hydrogen) atoms. The third-order valence-electron chi connectivity index (χ3n) is 2.81. The van der Waals surface area contributed by atoms with Crippen LogP contribution in [0.2, 0.25) is 5.02 Å². The number of aryl methyl sites for hydroxylation is 1. The molecule has 0 aliphatic heterocycles. The molecule has 1 atom stereocenters. The Balaban J connectivity index is 2.23. The smallest absolute Gasteiger partial charge is 0.330 e. The lowest BCUT2D eigenvalue weighted by atomic mass is 10.1. The molecule has 0 fully saturated rings. The SMILES string of the molecule is Cc1ccc(N[C@H](C(=O)O)c2ccc(Cl)cc2)cc1. The Hall–Kier alpha value is -2.00. The number of benzene rings is 2. The first-order valence-corrected chi connectivity index (χ1v) is 6.25. The van der Waals surface area contributed by atoms with Crippen LogP contribution >= 0.6 is 11.6 Å². The minimum atomic E-state index is -0.928. The Kier molecular flexibility index (Phi) is 4.07. The predicted octanol–water partition coefficient (Wildman–Crippen LogP) is 3.89. The van der Waals surface area contributed by atoms with Crippen LogP contribution in [0.4, 0.5) is 5.69 Å². The summed E-state index contributed by atoms with van der Waals surface area (Å²) in [4.78, 5) is 11.4. The van der Waals surface area contributed by atoms with Gasteiger partial charge < -0.3 is 10.4 Å². The summed E-state index contributed by atoms with van der Waals surface area (Å²) >= 11 is 5.81.